The van der Waals surface area contributed by atoms with Crippen LogP contribution in [0.2, 0.25) is 0 Å². The third kappa shape index (κ3) is 5.01. The Hall–Kier alpha value is -3.48. The zero-order valence-corrected chi connectivity index (χ0v) is 14.1. The molecule has 2 aromatic carbocycles. The maximum Gasteiger partial charge on any atom is 0.332 e. The van der Waals surface area contributed by atoms with E-state index in [0.717, 1.165) is 0 Å². The van der Waals surface area contributed by atoms with Gasteiger partial charge in [-0.05, 0) is 47.4 Å². The van der Waals surface area contributed by atoms with E-state index in [1.807, 2.05) is 12.4 Å². The lowest BCUT2D eigenvalue weighted by atomic mass is 9.97. The monoisotopic (exact) mass is 357 g/mol. The van der Waals surface area contributed by atoms with Crippen molar-refractivity contribution in [2.45, 2.75) is 19.8 Å². The summed E-state index contributed by atoms with van der Waals surface area (Å²) < 4.78 is 0. The van der Waals surface area contributed by atoms with E-state index in [-0.39, 0.29) is 23.7 Å². The lowest BCUT2D eigenvalue weighted by Crippen LogP contribution is -2.25. The van der Waals surface area contributed by atoms with E-state index in [0.29, 0.717) is 23.1 Å². The third-order valence-electron chi connectivity index (χ3n) is 3.46. The SMILES string of the molecule is CCCC(=O)ONC(=O)/C=C(\c1ccc(O)cc1)c1ccc(O)c(O)c1. The quantitative estimate of drug-likeness (QED) is 0.371. The first-order valence-electron chi connectivity index (χ1n) is 7.93. The summed E-state index contributed by atoms with van der Waals surface area (Å²) in [6, 6.07) is 10.2. The molecule has 0 radical (unpaired) electrons. The van der Waals surface area contributed by atoms with Crippen molar-refractivity contribution >= 4 is 17.4 Å². The standard InChI is InChI=1S/C19H19NO6/c1-2-3-19(25)26-20-18(24)11-15(12-4-7-14(21)8-5-12)13-6-9-16(22)17(23)10-13/h4-11,21-23H,2-3H2,1H3,(H,20,24)/b15-11+. The molecule has 0 unspecified atom stereocenters. The Kier molecular flexibility index (Phi) is 6.21. The number of benzene rings is 2. The van der Waals surface area contributed by atoms with Crippen LogP contribution in [0.25, 0.3) is 5.57 Å². The number of hydrogen-bond donors (Lipinski definition) is 4. The van der Waals surface area contributed by atoms with Gasteiger partial charge in [-0.1, -0.05) is 25.1 Å². The number of phenols is 3. The van der Waals surface area contributed by atoms with Crippen molar-refractivity contribution in [1.82, 2.24) is 5.48 Å². The number of amides is 1. The smallest absolute Gasteiger partial charge is 0.332 e. The number of rotatable bonds is 5. The Morgan fingerprint density at radius 3 is 2.27 bits per heavy atom. The molecule has 2 rings (SSSR count). The largest absolute Gasteiger partial charge is 0.508 e. The molecule has 0 aliphatic rings. The molecule has 0 aromatic heterocycles. The number of hydroxylamine groups is 1. The van der Waals surface area contributed by atoms with E-state index in [2.05, 4.69) is 4.84 Å². The van der Waals surface area contributed by atoms with Crippen LogP contribution in [-0.2, 0) is 14.4 Å². The van der Waals surface area contributed by atoms with Crippen LogP contribution in [0.15, 0.2) is 48.5 Å². The van der Waals surface area contributed by atoms with Crippen LogP contribution in [0, 0.1) is 0 Å². The number of carbonyl (C=O) groups is 2. The minimum absolute atomic E-state index is 0.0552. The fraction of sp³-hybridized carbons (Fsp3) is 0.158. The highest BCUT2D eigenvalue weighted by Crippen LogP contribution is 2.31. The normalized spacial score (nSPS) is 11.0. The van der Waals surface area contributed by atoms with E-state index in [4.69, 9.17) is 0 Å². The van der Waals surface area contributed by atoms with Gasteiger partial charge in [0.1, 0.15) is 5.75 Å². The van der Waals surface area contributed by atoms with Gasteiger partial charge in [-0.15, -0.1) is 0 Å². The van der Waals surface area contributed by atoms with Gasteiger partial charge in [0.05, 0.1) is 0 Å². The molecule has 0 spiro atoms. The second kappa shape index (κ2) is 8.57. The molecule has 26 heavy (non-hydrogen) atoms. The van der Waals surface area contributed by atoms with Gasteiger partial charge in [0, 0.05) is 12.5 Å². The van der Waals surface area contributed by atoms with Gasteiger partial charge in [-0.3, -0.25) is 4.79 Å². The van der Waals surface area contributed by atoms with Crippen LogP contribution < -0.4 is 5.48 Å². The van der Waals surface area contributed by atoms with E-state index in [9.17, 15) is 24.9 Å². The van der Waals surface area contributed by atoms with E-state index < -0.39 is 11.9 Å². The topological polar surface area (TPSA) is 116 Å². The Balaban J connectivity index is 2.33. The van der Waals surface area contributed by atoms with E-state index in [1.165, 1.54) is 36.4 Å². The molecule has 0 bridgehead atoms. The number of aromatic hydroxyl groups is 3. The van der Waals surface area contributed by atoms with Gasteiger partial charge < -0.3 is 20.2 Å². The highest BCUT2D eigenvalue weighted by molar-refractivity contribution is 5.99. The van der Waals surface area contributed by atoms with E-state index >= 15 is 0 Å². The summed E-state index contributed by atoms with van der Waals surface area (Å²) in [7, 11) is 0. The molecule has 0 aliphatic heterocycles. The zero-order chi connectivity index (χ0) is 19.1. The van der Waals surface area contributed by atoms with Gasteiger partial charge in [0.2, 0.25) is 0 Å². The molecule has 0 saturated heterocycles. The number of phenolic OH excluding ortho intramolecular Hbond substituents is 3. The van der Waals surface area contributed by atoms with E-state index in [1.54, 1.807) is 12.1 Å². The molecule has 0 heterocycles. The summed E-state index contributed by atoms with van der Waals surface area (Å²) in [4.78, 5) is 28.1. The molecule has 7 heteroatoms. The number of hydrogen-bond acceptors (Lipinski definition) is 6. The third-order valence-corrected chi connectivity index (χ3v) is 3.46. The fourth-order valence-corrected chi connectivity index (χ4v) is 2.19. The van der Waals surface area contributed by atoms with Gasteiger partial charge in [-0.2, -0.15) is 5.48 Å². The molecule has 0 aliphatic carbocycles. The molecular formula is C19H19NO6. The maximum absolute atomic E-state index is 12.1. The van der Waals surface area contributed by atoms with Crippen molar-refractivity contribution in [3.63, 3.8) is 0 Å². The van der Waals surface area contributed by atoms with Crippen LogP contribution >= 0.6 is 0 Å². The summed E-state index contributed by atoms with van der Waals surface area (Å²) in [5, 5.41) is 28.6. The Bertz CT molecular complexity index is 826. The minimum atomic E-state index is -0.676. The second-order valence-corrected chi connectivity index (χ2v) is 5.50. The summed E-state index contributed by atoms with van der Waals surface area (Å²) in [5.74, 6) is -1.81. The van der Waals surface area contributed by atoms with Crippen LogP contribution in [0.4, 0.5) is 0 Å². The predicted molar refractivity (Wildman–Crippen MR) is 94.1 cm³/mol. The molecule has 0 fully saturated rings. The summed E-state index contributed by atoms with van der Waals surface area (Å²) in [6.45, 7) is 1.81. The molecule has 136 valence electrons. The van der Waals surface area contributed by atoms with Gasteiger partial charge in [0.25, 0.3) is 5.91 Å². The highest BCUT2D eigenvalue weighted by atomic mass is 16.7. The lowest BCUT2D eigenvalue weighted by molar-refractivity contribution is -0.156. The first-order chi connectivity index (χ1) is 12.4. The molecule has 0 saturated carbocycles. The van der Waals surface area contributed by atoms with Crippen LogP contribution in [0.1, 0.15) is 30.9 Å². The first kappa shape index (κ1) is 18.9. The van der Waals surface area contributed by atoms with Crippen LogP contribution in [-0.4, -0.2) is 27.2 Å². The first-order valence-corrected chi connectivity index (χ1v) is 7.93. The summed E-state index contributed by atoms with van der Waals surface area (Å²) in [5.41, 5.74) is 3.46. The van der Waals surface area contributed by atoms with Crippen molar-refractivity contribution in [3.8, 4) is 17.2 Å². The maximum atomic E-state index is 12.1. The Morgan fingerprint density at radius 1 is 1.00 bits per heavy atom. The van der Waals surface area contributed by atoms with Crippen molar-refractivity contribution in [2.75, 3.05) is 0 Å². The second-order valence-electron chi connectivity index (χ2n) is 5.50. The minimum Gasteiger partial charge on any atom is -0.508 e. The Morgan fingerprint density at radius 2 is 1.65 bits per heavy atom. The van der Waals surface area contributed by atoms with Gasteiger partial charge >= 0.3 is 5.97 Å². The lowest BCUT2D eigenvalue weighted by Gasteiger charge is -2.10. The molecule has 7 nitrogen and oxygen atoms in total. The van der Waals surface area contributed by atoms with Crippen molar-refractivity contribution in [1.29, 1.82) is 0 Å². The summed E-state index contributed by atoms with van der Waals surface area (Å²) in [6.07, 6.45) is 1.97. The van der Waals surface area contributed by atoms with Gasteiger partial charge in [-0.25, -0.2) is 4.79 Å². The molecule has 1 amide bonds. The van der Waals surface area contributed by atoms with Gasteiger partial charge in [0.15, 0.2) is 11.5 Å². The number of carbonyl (C=O) groups excluding carboxylic acids is 2. The van der Waals surface area contributed by atoms with Crippen molar-refractivity contribution < 1.29 is 29.7 Å². The molecule has 2 aromatic rings. The predicted octanol–water partition coefficient (Wildman–Crippen LogP) is 2.61. The number of nitrogens with one attached hydrogen (secondary N) is 1. The highest BCUT2D eigenvalue weighted by Gasteiger charge is 2.12. The van der Waals surface area contributed by atoms with Crippen molar-refractivity contribution in [2.24, 2.45) is 0 Å². The zero-order valence-electron chi connectivity index (χ0n) is 14.1. The average molecular weight is 357 g/mol. The van der Waals surface area contributed by atoms with Crippen LogP contribution in [0.5, 0.6) is 17.2 Å². The van der Waals surface area contributed by atoms with Crippen molar-refractivity contribution in [3.05, 3.63) is 59.7 Å². The fourth-order valence-electron chi connectivity index (χ4n) is 2.19. The molecule has 4 N–H and O–H groups in total. The Labute approximate surface area is 150 Å². The summed E-state index contributed by atoms with van der Waals surface area (Å²) >= 11 is 0. The average Bonchev–Trinajstić information content (AvgIpc) is 2.61. The molecule has 0 atom stereocenters. The molecular weight excluding hydrogens is 338 g/mol. The van der Waals surface area contributed by atoms with Crippen LogP contribution in [0.3, 0.4) is 0 Å².